The monoisotopic (exact) mass is 437 g/mol. The number of nitriles is 1. The molecule has 1 saturated heterocycles. The zero-order chi connectivity index (χ0) is 22.2. The van der Waals surface area contributed by atoms with Crippen LogP contribution < -0.4 is 4.74 Å². The Kier molecular flexibility index (Phi) is 5.54. The van der Waals surface area contributed by atoms with Crippen LogP contribution in [0, 0.1) is 40.8 Å². The number of fused-ring (bicyclic) bond motifs is 2. The third-order valence-corrected chi connectivity index (χ3v) is 7.40. The minimum atomic E-state index is -1.09. The number of rotatable bonds is 5. The Bertz CT molecular complexity index is 1050. The molecular formula is C25H25F2N3O2. The Morgan fingerprint density at radius 1 is 1.19 bits per heavy atom. The van der Waals surface area contributed by atoms with Crippen molar-refractivity contribution < 1.29 is 18.3 Å². The van der Waals surface area contributed by atoms with Crippen molar-refractivity contribution in [1.29, 1.82) is 5.26 Å². The maximum Gasteiger partial charge on any atom is 0.226 e. The number of pyridine rings is 1. The summed E-state index contributed by atoms with van der Waals surface area (Å²) in [6.07, 6.45) is 3.33. The zero-order valence-electron chi connectivity index (χ0n) is 17.7. The van der Waals surface area contributed by atoms with E-state index in [1.54, 1.807) is 35.4 Å². The molecular weight excluding hydrogens is 412 g/mol. The Morgan fingerprint density at radius 2 is 2.03 bits per heavy atom. The lowest BCUT2D eigenvalue weighted by atomic mass is 9.55. The van der Waals surface area contributed by atoms with Gasteiger partial charge in [0.05, 0.1) is 30.8 Å². The summed E-state index contributed by atoms with van der Waals surface area (Å²) in [5.41, 5.74) is 1.15. The molecule has 1 aromatic heterocycles. The highest BCUT2D eigenvalue weighted by molar-refractivity contribution is 5.80. The summed E-state index contributed by atoms with van der Waals surface area (Å²) in [6, 6.07) is 11.0. The lowest BCUT2D eigenvalue weighted by Gasteiger charge is -2.51. The van der Waals surface area contributed by atoms with Crippen LogP contribution in [0.3, 0.4) is 0 Å². The van der Waals surface area contributed by atoms with Gasteiger partial charge in [0.2, 0.25) is 11.8 Å². The minimum absolute atomic E-state index is 0.0165. The third-order valence-electron chi connectivity index (χ3n) is 7.40. The number of ether oxygens (including phenoxy) is 1. The van der Waals surface area contributed by atoms with Crippen molar-refractivity contribution in [2.75, 3.05) is 13.2 Å². The molecule has 5 nitrogen and oxygen atoms in total. The molecule has 3 saturated carbocycles. The Balaban J connectivity index is 1.28. The Hall–Kier alpha value is -3.01. The molecule has 0 radical (unpaired) electrons. The van der Waals surface area contributed by atoms with E-state index in [0.717, 1.165) is 12.8 Å². The summed E-state index contributed by atoms with van der Waals surface area (Å²) in [5.74, 6) is 0.941. The highest BCUT2D eigenvalue weighted by Gasteiger charge is 2.51. The number of halogens is 2. The highest BCUT2D eigenvalue weighted by Crippen LogP contribution is 2.53. The van der Waals surface area contributed by atoms with Crippen molar-refractivity contribution in [2.24, 2.45) is 23.7 Å². The molecule has 4 atom stereocenters. The second-order valence-corrected chi connectivity index (χ2v) is 9.29. The van der Waals surface area contributed by atoms with Gasteiger partial charge in [-0.25, -0.2) is 13.8 Å². The first kappa shape index (κ1) is 20.9. The molecule has 2 aromatic rings. The maximum atomic E-state index is 14.4. The van der Waals surface area contributed by atoms with Gasteiger partial charge in [0.1, 0.15) is 12.0 Å². The van der Waals surface area contributed by atoms with E-state index in [2.05, 4.69) is 11.1 Å². The van der Waals surface area contributed by atoms with Gasteiger partial charge in [0.15, 0.2) is 0 Å². The van der Waals surface area contributed by atoms with E-state index in [1.807, 2.05) is 0 Å². The molecule has 4 aliphatic rings. The van der Waals surface area contributed by atoms with E-state index < -0.39 is 12.2 Å². The fourth-order valence-corrected chi connectivity index (χ4v) is 5.66. The van der Waals surface area contributed by atoms with Gasteiger partial charge in [-0.2, -0.15) is 5.26 Å². The van der Waals surface area contributed by atoms with E-state index in [4.69, 9.17) is 10.00 Å². The first-order valence-electron chi connectivity index (χ1n) is 11.2. The number of alkyl halides is 1. The minimum Gasteiger partial charge on any atom is -0.477 e. The fourth-order valence-electron chi connectivity index (χ4n) is 5.66. The van der Waals surface area contributed by atoms with Crippen molar-refractivity contribution in [1.82, 2.24) is 9.88 Å². The van der Waals surface area contributed by atoms with Crippen LogP contribution in [0.15, 0.2) is 42.6 Å². The molecule has 6 rings (SSSR count). The van der Waals surface area contributed by atoms with Crippen LogP contribution in [0.2, 0.25) is 0 Å². The lowest BCUT2D eigenvalue weighted by molar-refractivity contribution is -0.147. The molecule has 0 spiro atoms. The average molecular weight is 437 g/mol. The van der Waals surface area contributed by atoms with Gasteiger partial charge in [-0.1, -0.05) is 12.1 Å². The molecule has 32 heavy (non-hydrogen) atoms. The molecule has 1 aliphatic heterocycles. The Morgan fingerprint density at radius 3 is 2.81 bits per heavy atom. The molecule has 1 aromatic carbocycles. The molecule has 3 aliphatic carbocycles. The van der Waals surface area contributed by atoms with E-state index in [9.17, 15) is 13.6 Å². The van der Waals surface area contributed by atoms with Crippen LogP contribution in [0.5, 0.6) is 5.88 Å². The number of carbonyl (C=O) groups excluding carboxylic acids is 1. The van der Waals surface area contributed by atoms with Gasteiger partial charge in [-0.05, 0) is 60.8 Å². The van der Waals surface area contributed by atoms with Crippen molar-refractivity contribution in [3.05, 3.63) is 59.5 Å². The quantitative estimate of drug-likeness (QED) is 0.693. The second-order valence-electron chi connectivity index (χ2n) is 9.29. The number of aromatic nitrogens is 1. The summed E-state index contributed by atoms with van der Waals surface area (Å²) < 4.78 is 34.0. The SMILES string of the molecule is N#Cc1ccnc(OC[C@@H]2CC(C(=O)N3CC(F)CC3c3cccc(F)c3)C3CC2C3)c1. The van der Waals surface area contributed by atoms with Crippen molar-refractivity contribution in [2.45, 2.75) is 37.9 Å². The van der Waals surface area contributed by atoms with Gasteiger partial charge in [0, 0.05) is 24.6 Å². The smallest absolute Gasteiger partial charge is 0.226 e. The van der Waals surface area contributed by atoms with Crippen molar-refractivity contribution in [3.8, 4) is 11.9 Å². The Labute approximate surface area is 186 Å². The van der Waals surface area contributed by atoms with Crippen LogP contribution in [0.25, 0.3) is 0 Å². The van der Waals surface area contributed by atoms with E-state index >= 15 is 0 Å². The number of benzene rings is 1. The third kappa shape index (κ3) is 3.94. The first-order valence-corrected chi connectivity index (χ1v) is 11.2. The molecule has 1 amide bonds. The number of amides is 1. The summed E-state index contributed by atoms with van der Waals surface area (Å²) in [7, 11) is 0. The topological polar surface area (TPSA) is 66.2 Å². The summed E-state index contributed by atoms with van der Waals surface area (Å²) in [5, 5.41) is 9.04. The molecule has 4 fully saturated rings. The van der Waals surface area contributed by atoms with Gasteiger partial charge in [-0.3, -0.25) is 4.79 Å². The first-order chi connectivity index (χ1) is 15.5. The van der Waals surface area contributed by atoms with Crippen LogP contribution in [-0.4, -0.2) is 35.1 Å². The van der Waals surface area contributed by atoms with E-state index in [0.29, 0.717) is 41.9 Å². The van der Waals surface area contributed by atoms with Crippen LogP contribution in [0.4, 0.5) is 8.78 Å². The summed E-state index contributed by atoms with van der Waals surface area (Å²) >= 11 is 0. The van der Waals surface area contributed by atoms with Crippen LogP contribution in [-0.2, 0) is 4.79 Å². The number of hydrogen-bond acceptors (Lipinski definition) is 4. The highest BCUT2D eigenvalue weighted by atomic mass is 19.1. The van der Waals surface area contributed by atoms with Crippen LogP contribution >= 0.6 is 0 Å². The van der Waals surface area contributed by atoms with Gasteiger partial charge in [0.25, 0.3) is 0 Å². The average Bonchev–Trinajstić information content (AvgIpc) is 3.18. The molecule has 3 unspecified atom stereocenters. The molecule has 2 heterocycles. The van der Waals surface area contributed by atoms with E-state index in [1.165, 1.54) is 12.1 Å². The van der Waals surface area contributed by atoms with E-state index in [-0.39, 0.29) is 36.5 Å². The predicted octanol–water partition coefficient (Wildman–Crippen LogP) is 4.45. The molecule has 7 heteroatoms. The molecule has 0 N–H and O–H groups in total. The largest absolute Gasteiger partial charge is 0.477 e. The van der Waals surface area contributed by atoms with Gasteiger partial charge >= 0.3 is 0 Å². The van der Waals surface area contributed by atoms with Crippen LogP contribution in [0.1, 0.15) is 42.9 Å². The fraction of sp³-hybridized carbons (Fsp3) is 0.480. The molecule has 166 valence electrons. The van der Waals surface area contributed by atoms with Gasteiger partial charge < -0.3 is 9.64 Å². The zero-order valence-corrected chi connectivity index (χ0v) is 17.7. The summed E-state index contributed by atoms with van der Waals surface area (Å²) in [6.45, 7) is 0.515. The van der Waals surface area contributed by atoms with Crippen molar-refractivity contribution in [3.63, 3.8) is 0 Å². The second kappa shape index (κ2) is 8.50. The lowest BCUT2D eigenvalue weighted by Crippen LogP contribution is -2.50. The number of nitrogens with zero attached hydrogens (tertiary/aromatic N) is 3. The number of hydrogen-bond donors (Lipinski definition) is 0. The standard InChI is InChI=1S/C25H25F2N3O2/c26-20-3-1-2-16(9-20)23-11-21(27)13-30(23)25(31)22-10-19(17-7-18(22)8-17)14-32-24-6-15(12-28)4-5-29-24/h1-6,9,17-19,21-23H,7-8,10-11,13-14H2/t17?,18?,19-,21?,22?,23?/m0/s1. The summed E-state index contributed by atoms with van der Waals surface area (Å²) in [4.78, 5) is 19.3. The maximum absolute atomic E-state index is 14.4. The van der Waals surface area contributed by atoms with Gasteiger partial charge in [-0.15, -0.1) is 0 Å². The predicted molar refractivity (Wildman–Crippen MR) is 113 cm³/mol. The van der Waals surface area contributed by atoms with Crippen molar-refractivity contribution >= 4 is 5.91 Å². The normalized spacial score (nSPS) is 31.0. The molecule has 2 bridgehead atoms. The number of carbonyl (C=O) groups is 1. The number of likely N-dealkylation sites (tertiary alicyclic amines) is 1.